The number of rotatable bonds is 15. The summed E-state index contributed by atoms with van der Waals surface area (Å²) in [6, 6.07) is 22.2. The fraction of sp³-hybridized carbons (Fsp3) is 0.435. The maximum atomic E-state index is 13.0. The third-order valence-electron chi connectivity index (χ3n) is 15.7. The van der Waals surface area contributed by atoms with Crippen molar-refractivity contribution in [1.82, 2.24) is 24.5 Å². The van der Waals surface area contributed by atoms with Gasteiger partial charge in [0.25, 0.3) is 0 Å². The number of hydrogen-bond acceptors (Lipinski definition) is 10. The molecule has 5 heterocycles. The first-order valence-corrected chi connectivity index (χ1v) is 30.0. The summed E-state index contributed by atoms with van der Waals surface area (Å²) in [4.78, 5) is 64.0. The van der Waals surface area contributed by atoms with Crippen molar-refractivity contribution in [2.45, 2.75) is 139 Å². The Morgan fingerprint density at radius 2 is 0.798 bits per heavy atom. The van der Waals surface area contributed by atoms with Gasteiger partial charge in [-0.3, -0.25) is 48.5 Å². The summed E-state index contributed by atoms with van der Waals surface area (Å²) < 4.78 is 102. The summed E-state index contributed by atoms with van der Waals surface area (Å²) in [5.74, 6) is -6.02. The number of benzene rings is 5. The van der Waals surface area contributed by atoms with Gasteiger partial charge in [-0.25, -0.2) is 8.78 Å². The van der Waals surface area contributed by atoms with Gasteiger partial charge in [-0.1, -0.05) is 101 Å². The molecule has 5 fully saturated rings. The molecule has 27 heteroatoms. The van der Waals surface area contributed by atoms with Crippen LogP contribution in [-0.4, -0.2) is 143 Å². The molecule has 10 rings (SSSR count). The number of likely N-dealkylation sites (tertiary alicyclic amines) is 5. The number of alkyl halides is 6. The topological polar surface area (TPSA) is 203 Å². The van der Waals surface area contributed by atoms with E-state index in [1.54, 1.807) is 45.0 Å². The molecule has 0 bridgehead atoms. The zero-order chi connectivity index (χ0) is 65.3. The van der Waals surface area contributed by atoms with E-state index in [1.807, 2.05) is 21.9 Å². The van der Waals surface area contributed by atoms with E-state index in [0.29, 0.717) is 103 Å². The van der Waals surface area contributed by atoms with E-state index in [1.165, 1.54) is 30.3 Å². The largest absolute Gasteiger partial charge is 0.480 e. The van der Waals surface area contributed by atoms with Crippen molar-refractivity contribution in [1.29, 1.82) is 0 Å². The van der Waals surface area contributed by atoms with Gasteiger partial charge >= 0.3 is 42.2 Å². The molecule has 5 saturated heterocycles. The Bertz CT molecular complexity index is 3160. The molecule has 5 N–H and O–H groups in total. The molecule has 0 aromatic heterocycles. The highest BCUT2D eigenvalue weighted by atomic mass is 35.5. The lowest BCUT2D eigenvalue weighted by atomic mass is 10.1. The number of carboxylic acid groups (broad SMARTS) is 5. The Labute approximate surface area is 528 Å². The lowest BCUT2D eigenvalue weighted by Gasteiger charge is -2.23. The van der Waals surface area contributed by atoms with E-state index in [9.17, 15) is 59.1 Å². The van der Waals surface area contributed by atoms with Gasteiger partial charge in [0.15, 0.2) is 11.6 Å². The van der Waals surface area contributed by atoms with Crippen LogP contribution in [0.25, 0.3) is 0 Å². The molecule has 15 nitrogen and oxygen atoms in total. The standard InChI is InChI=1S/2C13H14F3NO2.2C12H13Cl2NO2.C12H13F2NO2/c14-13(15,16)10-4-1-3-9(7-10)8-17-6-2-5-11(17)12(18)19;14-13(15,16)10-5-2-1-4-9(10)8-17-7-3-6-11(17)12(18)19;13-9-4-3-8(10(14)6-9)7-15-5-1-2-11(15)12(16)17;2*13-9-4-3-8(6-10(9)14)7-15-5-1-2-11(15)12(16)17/h1,3-4,7,11H,2,5-6,8H2,(H,18,19);1-2,4-5,11H,3,6-8H2,(H,18,19);3*3-4,6,11H,1-2,5,7H2,(H,16,17)/t5*11-/m00000/s1. The van der Waals surface area contributed by atoms with Crippen LogP contribution in [0.15, 0.2) is 103 Å². The van der Waals surface area contributed by atoms with Crippen LogP contribution in [0.5, 0.6) is 0 Å². The lowest BCUT2D eigenvalue weighted by molar-refractivity contribution is -0.143. The van der Waals surface area contributed by atoms with Gasteiger partial charge in [-0.2, -0.15) is 26.3 Å². The molecule has 5 atom stereocenters. The Kier molecular flexibility index (Phi) is 26.9. The van der Waals surface area contributed by atoms with Gasteiger partial charge in [0.1, 0.15) is 30.2 Å². The Morgan fingerprint density at radius 1 is 0.393 bits per heavy atom. The molecule has 0 spiro atoms. The second-order valence-electron chi connectivity index (χ2n) is 21.9. The number of nitrogens with zero attached hydrogens (tertiary/aromatic N) is 5. The minimum atomic E-state index is -4.41. The average Bonchev–Trinajstić information content (AvgIpc) is 3.42. The first kappa shape index (κ1) is 71.9. The zero-order valence-electron chi connectivity index (χ0n) is 47.9. The molecule has 5 aromatic carbocycles. The SMILES string of the molecule is O=C(O)[C@@H]1CCCN1Cc1ccc(Cl)c(Cl)c1.O=C(O)[C@@H]1CCCN1Cc1ccc(Cl)cc1Cl.O=C(O)[C@@H]1CCCN1Cc1ccc(F)c(F)c1.O=C(O)[C@@H]1CCCN1Cc1cccc(C(F)(F)F)c1.O=C(O)[C@@H]1CCCN1Cc1ccccc1C(F)(F)F. The minimum Gasteiger partial charge on any atom is -0.480 e. The molecule has 5 aliphatic rings. The van der Waals surface area contributed by atoms with E-state index >= 15 is 0 Å². The predicted octanol–water partition coefficient (Wildman–Crippen LogP) is 13.6. The highest BCUT2D eigenvalue weighted by Gasteiger charge is 2.38. The monoisotopic (exact) mass is 1330 g/mol. The van der Waals surface area contributed by atoms with Gasteiger partial charge < -0.3 is 25.5 Å². The fourth-order valence-electron chi connectivity index (χ4n) is 11.3. The quantitative estimate of drug-likeness (QED) is 0.0619. The summed E-state index contributed by atoms with van der Waals surface area (Å²) >= 11 is 23.7. The molecule has 0 unspecified atom stereocenters. The second-order valence-corrected chi connectivity index (χ2v) is 23.6. The van der Waals surface area contributed by atoms with Gasteiger partial charge in [-0.15, -0.1) is 0 Å². The van der Waals surface area contributed by atoms with E-state index < -0.39 is 83.1 Å². The number of carbonyl (C=O) groups is 5. The summed E-state index contributed by atoms with van der Waals surface area (Å²) in [7, 11) is 0. The number of aliphatic carboxylic acids is 5. The summed E-state index contributed by atoms with van der Waals surface area (Å²) in [5, 5.41) is 47.4. The molecule has 89 heavy (non-hydrogen) atoms. The lowest BCUT2D eigenvalue weighted by Crippen LogP contribution is -2.35. The van der Waals surface area contributed by atoms with Crippen LogP contribution in [0.2, 0.25) is 20.1 Å². The number of halogens is 12. The van der Waals surface area contributed by atoms with Crippen molar-refractivity contribution in [3.8, 4) is 0 Å². The van der Waals surface area contributed by atoms with Gasteiger partial charge in [0.05, 0.1) is 21.2 Å². The van der Waals surface area contributed by atoms with E-state index in [4.69, 9.17) is 71.9 Å². The summed E-state index contributed by atoms with van der Waals surface area (Å²) in [6.07, 6.45) is -1.57. The van der Waals surface area contributed by atoms with E-state index in [0.717, 1.165) is 86.7 Å². The molecule has 0 amide bonds. The highest BCUT2D eigenvalue weighted by molar-refractivity contribution is 6.42. The van der Waals surface area contributed by atoms with E-state index in [-0.39, 0.29) is 30.7 Å². The van der Waals surface area contributed by atoms with Crippen LogP contribution in [0, 0.1) is 11.6 Å². The van der Waals surface area contributed by atoms with Crippen LogP contribution < -0.4 is 0 Å². The van der Waals surface area contributed by atoms with Crippen LogP contribution in [0.4, 0.5) is 35.1 Å². The van der Waals surface area contributed by atoms with Crippen LogP contribution in [0.1, 0.15) is 103 Å². The fourth-order valence-corrected chi connectivity index (χ4v) is 12.1. The summed E-state index contributed by atoms with van der Waals surface area (Å²) in [5.41, 5.74) is 1.74. The number of carboxylic acids is 5. The first-order chi connectivity index (χ1) is 42.0. The van der Waals surface area contributed by atoms with Crippen molar-refractivity contribution in [3.63, 3.8) is 0 Å². The summed E-state index contributed by atoms with van der Waals surface area (Å²) in [6.45, 7) is 5.18. The zero-order valence-corrected chi connectivity index (χ0v) is 50.9. The predicted molar refractivity (Wildman–Crippen MR) is 318 cm³/mol. The Morgan fingerprint density at radius 3 is 1.20 bits per heavy atom. The molecule has 5 aliphatic heterocycles. The molecular formula is C62H67Cl4F8N5O10. The van der Waals surface area contributed by atoms with Gasteiger partial charge in [0.2, 0.25) is 0 Å². The van der Waals surface area contributed by atoms with Gasteiger partial charge in [-0.05, 0) is 173 Å². The van der Waals surface area contributed by atoms with E-state index in [2.05, 4.69) is 0 Å². The Balaban J connectivity index is 0.000000177. The molecule has 5 aromatic rings. The maximum absolute atomic E-state index is 13.0. The smallest absolute Gasteiger partial charge is 0.416 e. The van der Waals surface area contributed by atoms with Crippen molar-refractivity contribution in [2.75, 3.05) is 32.7 Å². The molecule has 0 aliphatic carbocycles. The Hall–Kier alpha value is -6.15. The van der Waals surface area contributed by atoms with Crippen molar-refractivity contribution >= 4 is 76.3 Å². The van der Waals surface area contributed by atoms with Crippen molar-refractivity contribution in [3.05, 3.63) is 174 Å². The minimum absolute atomic E-state index is 0.0205. The third-order valence-corrected chi connectivity index (χ3v) is 17.0. The van der Waals surface area contributed by atoms with Crippen molar-refractivity contribution in [2.24, 2.45) is 0 Å². The van der Waals surface area contributed by atoms with Crippen LogP contribution >= 0.6 is 46.4 Å². The molecule has 0 saturated carbocycles. The molecular weight excluding hydrogens is 1270 g/mol. The normalized spacial score (nSPS) is 20.7. The average molecular weight is 1340 g/mol. The number of hydrogen-bond donors (Lipinski definition) is 5. The van der Waals surface area contributed by atoms with Crippen LogP contribution in [0.3, 0.4) is 0 Å². The molecule has 0 radical (unpaired) electrons. The first-order valence-electron chi connectivity index (χ1n) is 28.5. The van der Waals surface area contributed by atoms with Crippen molar-refractivity contribution < 1.29 is 84.6 Å². The molecule has 484 valence electrons. The third kappa shape index (κ3) is 21.5. The second kappa shape index (κ2) is 33.3. The maximum Gasteiger partial charge on any atom is 0.416 e. The highest BCUT2D eigenvalue weighted by Crippen LogP contribution is 2.35. The van der Waals surface area contributed by atoms with Gasteiger partial charge in [0, 0.05) is 42.8 Å². The van der Waals surface area contributed by atoms with Crippen LogP contribution in [-0.2, 0) is 69.0 Å².